The smallest absolute Gasteiger partial charge is 0.157 e. The van der Waals surface area contributed by atoms with E-state index in [2.05, 4.69) is 22.1 Å². The Kier molecular flexibility index (Phi) is 3.71. The number of hydrogen-bond donors (Lipinski definition) is 1. The van der Waals surface area contributed by atoms with Gasteiger partial charge in [0.2, 0.25) is 0 Å². The minimum absolute atomic E-state index is 0.211. The van der Waals surface area contributed by atoms with Crippen LogP contribution < -0.4 is 9.47 Å². The number of likely N-dealkylation sites (tertiary alicyclic amines) is 1. The predicted molar refractivity (Wildman–Crippen MR) is 84.5 cm³/mol. The van der Waals surface area contributed by atoms with Crippen LogP contribution in [0.3, 0.4) is 0 Å². The van der Waals surface area contributed by atoms with Crippen LogP contribution in [0.4, 0.5) is 0 Å². The molecule has 4 rings (SSSR count). The van der Waals surface area contributed by atoms with Gasteiger partial charge in [-0.3, -0.25) is 9.58 Å². The van der Waals surface area contributed by atoms with Crippen LogP contribution >= 0.6 is 0 Å². The molecule has 6 nitrogen and oxygen atoms in total. The molecule has 0 aliphatic carbocycles. The van der Waals surface area contributed by atoms with E-state index in [0.29, 0.717) is 18.8 Å². The van der Waals surface area contributed by atoms with E-state index in [9.17, 15) is 5.11 Å². The molecule has 3 heterocycles. The standard InChI is InChI=1S/C17H21N3O3/c1-19-9-14(7-18-19)23-17-11-20(10-15(17)21)8-12-2-3-16-13(6-12)4-5-22-16/h2-3,6-7,9,15,17,21H,4-5,8,10-11H2,1H3/t15-,17-/m1/s1. The summed E-state index contributed by atoms with van der Waals surface area (Å²) >= 11 is 0. The largest absolute Gasteiger partial charge is 0.493 e. The number of fused-ring (bicyclic) bond motifs is 1. The van der Waals surface area contributed by atoms with Gasteiger partial charge in [-0.15, -0.1) is 0 Å². The first-order valence-corrected chi connectivity index (χ1v) is 7.98. The monoisotopic (exact) mass is 315 g/mol. The van der Waals surface area contributed by atoms with Crippen molar-refractivity contribution in [2.45, 2.75) is 25.2 Å². The Bertz CT molecular complexity index is 700. The van der Waals surface area contributed by atoms with Gasteiger partial charge < -0.3 is 14.6 Å². The summed E-state index contributed by atoms with van der Waals surface area (Å²) < 4.78 is 13.1. The van der Waals surface area contributed by atoms with E-state index in [4.69, 9.17) is 9.47 Å². The summed E-state index contributed by atoms with van der Waals surface area (Å²) in [5, 5.41) is 14.3. The summed E-state index contributed by atoms with van der Waals surface area (Å²) in [4.78, 5) is 2.23. The fourth-order valence-corrected chi connectivity index (χ4v) is 3.31. The average Bonchev–Trinajstić information content (AvgIpc) is 3.21. The third kappa shape index (κ3) is 3.04. The number of aryl methyl sites for hydroxylation is 1. The quantitative estimate of drug-likeness (QED) is 0.911. The first-order valence-electron chi connectivity index (χ1n) is 7.98. The summed E-state index contributed by atoms with van der Waals surface area (Å²) in [5.41, 5.74) is 2.54. The molecule has 1 fully saturated rings. The summed E-state index contributed by atoms with van der Waals surface area (Å²) in [6.45, 7) is 2.93. The molecule has 0 bridgehead atoms. The molecule has 0 saturated carbocycles. The van der Waals surface area contributed by atoms with Crippen LogP contribution in [0.2, 0.25) is 0 Å². The van der Waals surface area contributed by atoms with Crippen LogP contribution in [0.1, 0.15) is 11.1 Å². The zero-order valence-corrected chi connectivity index (χ0v) is 13.2. The number of nitrogens with zero attached hydrogens (tertiary/aromatic N) is 3. The maximum absolute atomic E-state index is 10.2. The molecule has 0 spiro atoms. The number of ether oxygens (including phenoxy) is 2. The third-order valence-corrected chi connectivity index (χ3v) is 4.44. The lowest BCUT2D eigenvalue weighted by atomic mass is 10.1. The number of aliphatic hydroxyl groups is 1. The Morgan fingerprint density at radius 2 is 2.30 bits per heavy atom. The highest BCUT2D eigenvalue weighted by Gasteiger charge is 2.33. The molecule has 1 aromatic carbocycles. The van der Waals surface area contributed by atoms with E-state index in [-0.39, 0.29) is 6.10 Å². The molecule has 0 radical (unpaired) electrons. The third-order valence-electron chi connectivity index (χ3n) is 4.44. The van der Waals surface area contributed by atoms with E-state index in [1.54, 1.807) is 10.9 Å². The van der Waals surface area contributed by atoms with Crippen molar-refractivity contribution >= 4 is 0 Å². The number of rotatable bonds is 4. The highest BCUT2D eigenvalue weighted by molar-refractivity contribution is 5.39. The topological polar surface area (TPSA) is 59.8 Å². The van der Waals surface area contributed by atoms with Crippen LogP contribution in [0.25, 0.3) is 0 Å². The number of aliphatic hydroxyl groups excluding tert-OH is 1. The van der Waals surface area contributed by atoms with Gasteiger partial charge in [-0.05, 0) is 17.2 Å². The maximum Gasteiger partial charge on any atom is 0.157 e. The van der Waals surface area contributed by atoms with Gasteiger partial charge in [-0.2, -0.15) is 5.10 Å². The van der Waals surface area contributed by atoms with Crippen molar-refractivity contribution < 1.29 is 14.6 Å². The minimum Gasteiger partial charge on any atom is -0.493 e. The summed E-state index contributed by atoms with van der Waals surface area (Å²) in [7, 11) is 1.85. The van der Waals surface area contributed by atoms with Gasteiger partial charge in [0, 0.05) is 33.1 Å². The van der Waals surface area contributed by atoms with E-state index in [1.165, 1.54) is 11.1 Å². The molecule has 122 valence electrons. The molecule has 1 aromatic heterocycles. The van der Waals surface area contributed by atoms with Gasteiger partial charge >= 0.3 is 0 Å². The van der Waals surface area contributed by atoms with Gasteiger partial charge in [0.25, 0.3) is 0 Å². The fraction of sp³-hybridized carbons (Fsp3) is 0.471. The van der Waals surface area contributed by atoms with Crippen LogP contribution in [-0.2, 0) is 20.0 Å². The summed E-state index contributed by atoms with van der Waals surface area (Å²) in [5.74, 6) is 1.71. The SMILES string of the molecule is Cn1cc(O[C@@H]2CN(Cc3ccc4c(c3)CCO4)C[C@H]2O)cn1. The number of benzene rings is 1. The molecule has 23 heavy (non-hydrogen) atoms. The van der Waals surface area contributed by atoms with E-state index >= 15 is 0 Å². The predicted octanol–water partition coefficient (Wildman–Crippen LogP) is 0.979. The normalized spacial score (nSPS) is 23.7. The molecule has 2 aliphatic heterocycles. The Morgan fingerprint density at radius 1 is 1.39 bits per heavy atom. The Morgan fingerprint density at radius 3 is 3.13 bits per heavy atom. The van der Waals surface area contributed by atoms with Gasteiger partial charge in [0.15, 0.2) is 5.75 Å². The number of hydrogen-bond acceptors (Lipinski definition) is 5. The fourth-order valence-electron chi connectivity index (χ4n) is 3.31. The van der Waals surface area contributed by atoms with Crippen LogP contribution in [0.15, 0.2) is 30.6 Å². The van der Waals surface area contributed by atoms with Gasteiger partial charge in [-0.1, -0.05) is 12.1 Å². The Balaban J connectivity index is 1.39. The van der Waals surface area contributed by atoms with Gasteiger partial charge in [0.1, 0.15) is 18.0 Å². The van der Waals surface area contributed by atoms with Gasteiger partial charge in [-0.25, -0.2) is 0 Å². The van der Waals surface area contributed by atoms with Crippen LogP contribution in [0, 0.1) is 0 Å². The van der Waals surface area contributed by atoms with Crippen molar-refractivity contribution in [1.82, 2.24) is 14.7 Å². The first kappa shape index (κ1) is 14.5. The van der Waals surface area contributed by atoms with E-state index in [0.717, 1.165) is 25.3 Å². The summed E-state index contributed by atoms with van der Waals surface area (Å²) in [6.07, 6.45) is 3.79. The van der Waals surface area contributed by atoms with Gasteiger partial charge in [0.05, 0.1) is 19.0 Å². The average molecular weight is 315 g/mol. The van der Waals surface area contributed by atoms with Crippen molar-refractivity contribution in [2.24, 2.45) is 7.05 Å². The number of aromatic nitrogens is 2. The van der Waals surface area contributed by atoms with Crippen molar-refractivity contribution in [3.8, 4) is 11.5 Å². The second kappa shape index (κ2) is 5.86. The lowest BCUT2D eigenvalue weighted by Gasteiger charge is -2.16. The lowest BCUT2D eigenvalue weighted by Crippen LogP contribution is -2.29. The van der Waals surface area contributed by atoms with Crippen molar-refractivity contribution in [3.05, 3.63) is 41.7 Å². The second-order valence-electron chi connectivity index (χ2n) is 6.31. The molecular weight excluding hydrogens is 294 g/mol. The molecular formula is C17H21N3O3. The van der Waals surface area contributed by atoms with E-state index in [1.807, 2.05) is 19.3 Å². The molecule has 6 heteroatoms. The second-order valence-corrected chi connectivity index (χ2v) is 6.31. The zero-order chi connectivity index (χ0) is 15.8. The lowest BCUT2D eigenvalue weighted by molar-refractivity contribution is 0.0736. The van der Waals surface area contributed by atoms with Crippen LogP contribution in [-0.4, -0.2) is 51.7 Å². The molecule has 1 saturated heterocycles. The highest BCUT2D eigenvalue weighted by atomic mass is 16.5. The molecule has 0 amide bonds. The Hall–Kier alpha value is -2.05. The van der Waals surface area contributed by atoms with E-state index < -0.39 is 6.10 Å². The zero-order valence-electron chi connectivity index (χ0n) is 13.2. The Labute approximate surface area is 135 Å². The van der Waals surface area contributed by atoms with Crippen molar-refractivity contribution in [1.29, 1.82) is 0 Å². The minimum atomic E-state index is -0.479. The highest BCUT2D eigenvalue weighted by Crippen LogP contribution is 2.27. The summed E-state index contributed by atoms with van der Waals surface area (Å²) in [6, 6.07) is 6.36. The number of β-amino-alcohol motifs (C(OH)–C–C–N with tert-alkyl or cyclic N) is 1. The van der Waals surface area contributed by atoms with Crippen molar-refractivity contribution in [2.75, 3.05) is 19.7 Å². The molecule has 0 unspecified atom stereocenters. The molecule has 1 N–H and O–H groups in total. The molecule has 2 aromatic rings. The van der Waals surface area contributed by atoms with Crippen molar-refractivity contribution in [3.63, 3.8) is 0 Å². The van der Waals surface area contributed by atoms with Crippen LogP contribution in [0.5, 0.6) is 11.5 Å². The maximum atomic E-state index is 10.2. The molecule has 2 aliphatic rings. The first-order chi connectivity index (χ1) is 11.2. The molecule has 2 atom stereocenters.